The summed E-state index contributed by atoms with van der Waals surface area (Å²) in [5, 5.41) is 10.5. The molecular formula is C22H31NO2. The monoisotopic (exact) mass is 341 g/mol. The van der Waals surface area contributed by atoms with Crippen molar-refractivity contribution in [2.24, 2.45) is 5.92 Å². The van der Waals surface area contributed by atoms with Gasteiger partial charge in [0.05, 0.1) is 13.2 Å². The van der Waals surface area contributed by atoms with Crippen molar-refractivity contribution in [2.75, 3.05) is 20.2 Å². The molecule has 0 aromatic heterocycles. The second-order valence-corrected chi connectivity index (χ2v) is 7.11. The van der Waals surface area contributed by atoms with Crippen molar-refractivity contribution in [2.45, 2.75) is 39.3 Å². The highest BCUT2D eigenvalue weighted by Gasteiger charge is 2.14. The van der Waals surface area contributed by atoms with E-state index in [-0.39, 0.29) is 6.10 Å². The fraction of sp³-hybridized carbons (Fsp3) is 0.455. The third kappa shape index (κ3) is 7.29. The van der Waals surface area contributed by atoms with Gasteiger partial charge in [-0.25, -0.2) is 0 Å². The van der Waals surface area contributed by atoms with Crippen LogP contribution in [0.1, 0.15) is 31.4 Å². The van der Waals surface area contributed by atoms with Crippen LogP contribution in [0.15, 0.2) is 54.6 Å². The van der Waals surface area contributed by atoms with Crippen molar-refractivity contribution in [3.8, 4) is 5.75 Å². The summed E-state index contributed by atoms with van der Waals surface area (Å²) in [6.07, 6.45) is 1.48. The molecule has 0 heterocycles. The lowest BCUT2D eigenvalue weighted by molar-refractivity contribution is 0.105. The van der Waals surface area contributed by atoms with Crippen LogP contribution in [0.5, 0.6) is 5.75 Å². The largest absolute Gasteiger partial charge is 0.497 e. The molecule has 0 saturated heterocycles. The molecule has 0 saturated carbocycles. The van der Waals surface area contributed by atoms with E-state index in [2.05, 4.69) is 43.0 Å². The Morgan fingerprint density at radius 1 is 0.960 bits per heavy atom. The van der Waals surface area contributed by atoms with E-state index < -0.39 is 0 Å². The molecule has 2 aromatic rings. The molecule has 25 heavy (non-hydrogen) atoms. The minimum absolute atomic E-state index is 0.354. The van der Waals surface area contributed by atoms with E-state index in [1.807, 2.05) is 30.3 Å². The predicted octanol–water partition coefficient (Wildman–Crippen LogP) is 4.15. The summed E-state index contributed by atoms with van der Waals surface area (Å²) in [5.74, 6) is 1.53. The molecule has 2 aromatic carbocycles. The summed E-state index contributed by atoms with van der Waals surface area (Å²) >= 11 is 0. The van der Waals surface area contributed by atoms with E-state index in [4.69, 9.17) is 4.74 Å². The van der Waals surface area contributed by atoms with Crippen molar-refractivity contribution >= 4 is 0 Å². The summed E-state index contributed by atoms with van der Waals surface area (Å²) in [4.78, 5) is 2.36. The molecule has 0 aliphatic carbocycles. The summed E-state index contributed by atoms with van der Waals surface area (Å²) in [7, 11) is 1.68. The van der Waals surface area contributed by atoms with Crippen LogP contribution < -0.4 is 4.74 Å². The number of hydrogen-bond acceptors (Lipinski definition) is 3. The highest BCUT2D eigenvalue weighted by Crippen LogP contribution is 2.15. The Labute approximate surface area is 152 Å². The van der Waals surface area contributed by atoms with Crippen LogP contribution in [0.2, 0.25) is 0 Å². The standard InChI is InChI=1S/C22H31NO2/c1-18(2)13-14-23(16-20-9-11-22(25-3)12-10-20)17-21(24)15-19-7-5-4-6-8-19/h4-12,18,21,24H,13-17H2,1-3H3/t21-/m1/s1. The Kier molecular flexibility index (Phi) is 7.96. The van der Waals surface area contributed by atoms with Gasteiger partial charge in [-0.05, 0) is 48.6 Å². The Morgan fingerprint density at radius 2 is 1.64 bits per heavy atom. The van der Waals surface area contributed by atoms with Crippen LogP contribution in [0.4, 0.5) is 0 Å². The SMILES string of the molecule is COc1ccc(CN(CCC(C)C)C[C@H](O)Cc2ccccc2)cc1. The zero-order valence-corrected chi connectivity index (χ0v) is 15.7. The second-order valence-electron chi connectivity index (χ2n) is 7.11. The van der Waals surface area contributed by atoms with Gasteiger partial charge in [-0.15, -0.1) is 0 Å². The summed E-state index contributed by atoms with van der Waals surface area (Å²) in [5.41, 5.74) is 2.43. The van der Waals surface area contributed by atoms with Crippen LogP contribution in [0.25, 0.3) is 0 Å². The first-order valence-electron chi connectivity index (χ1n) is 9.14. The quantitative estimate of drug-likeness (QED) is 0.705. The Hall–Kier alpha value is -1.84. The molecule has 3 heteroatoms. The van der Waals surface area contributed by atoms with Crippen molar-refractivity contribution < 1.29 is 9.84 Å². The minimum atomic E-state index is -0.354. The molecule has 0 aliphatic heterocycles. The summed E-state index contributed by atoms with van der Waals surface area (Å²) < 4.78 is 5.23. The average molecular weight is 341 g/mol. The minimum Gasteiger partial charge on any atom is -0.497 e. The smallest absolute Gasteiger partial charge is 0.118 e. The van der Waals surface area contributed by atoms with Gasteiger partial charge in [0.25, 0.3) is 0 Å². The number of hydrogen-bond donors (Lipinski definition) is 1. The van der Waals surface area contributed by atoms with Crippen molar-refractivity contribution in [3.63, 3.8) is 0 Å². The van der Waals surface area contributed by atoms with E-state index in [1.165, 1.54) is 11.1 Å². The molecule has 0 spiro atoms. The summed E-state index contributed by atoms with van der Waals surface area (Å²) in [6.45, 7) is 7.02. The van der Waals surface area contributed by atoms with Crippen molar-refractivity contribution in [1.82, 2.24) is 4.90 Å². The number of methoxy groups -OCH3 is 1. The maximum Gasteiger partial charge on any atom is 0.118 e. The first-order chi connectivity index (χ1) is 12.1. The Morgan fingerprint density at radius 3 is 2.24 bits per heavy atom. The third-order valence-corrected chi connectivity index (χ3v) is 4.37. The van der Waals surface area contributed by atoms with E-state index in [9.17, 15) is 5.11 Å². The summed E-state index contributed by atoms with van der Waals surface area (Å²) in [6, 6.07) is 18.4. The fourth-order valence-electron chi connectivity index (χ4n) is 2.91. The molecule has 3 nitrogen and oxygen atoms in total. The molecule has 0 radical (unpaired) electrons. The van der Waals surface area contributed by atoms with Gasteiger partial charge in [-0.2, -0.15) is 0 Å². The van der Waals surface area contributed by atoms with Gasteiger partial charge in [-0.1, -0.05) is 56.3 Å². The van der Waals surface area contributed by atoms with Gasteiger partial charge < -0.3 is 9.84 Å². The lowest BCUT2D eigenvalue weighted by Gasteiger charge is -2.26. The molecule has 0 fully saturated rings. The number of benzene rings is 2. The number of aliphatic hydroxyl groups is 1. The fourth-order valence-corrected chi connectivity index (χ4v) is 2.91. The zero-order valence-electron chi connectivity index (χ0n) is 15.7. The third-order valence-electron chi connectivity index (χ3n) is 4.37. The number of ether oxygens (including phenoxy) is 1. The van der Waals surface area contributed by atoms with Gasteiger partial charge in [0.2, 0.25) is 0 Å². The topological polar surface area (TPSA) is 32.7 Å². The molecule has 0 aliphatic rings. The number of aliphatic hydroxyl groups excluding tert-OH is 1. The number of nitrogens with zero attached hydrogens (tertiary/aromatic N) is 1. The van der Waals surface area contributed by atoms with E-state index in [1.54, 1.807) is 7.11 Å². The Balaban J connectivity index is 1.96. The molecule has 2 rings (SSSR count). The van der Waals surface area contributed by atoms with E-state index >= 15 is 0 Å². The molecule has 1 atom stereocenters. The first kappa shape index (κ1) is 19.5. The zero-order chi connectivity index (χ0) is 18.1. The predicted molar refractivity (Wildman–Crippen MR) is 104 cm³/mol. The van der Waals surface area contributed by atoms with E-state index in [0.29, 0.717) is 18.9 Å². The highest BCUT2D eigenvalue weighted by molar-refractivity contribution is 5.27. The number of rotatable bonds is 10. The molecule has 0 unspecified atom stereocenters. The lowest BCUT2D eigenvalue weighted by atomic mass is 10.1. The molecular weight excluding hydrogens is 310 g/mol. The van der Waals surface area contributed by atoms with Crippen LogP contribution in [0.3, 0.4) is 0 Å². The van der Waals surface area contributed by atoms with Gasteiger partial charge in [0.1, 0.15) is 5.75 Å². The van der Waals surface area contributed by atoms with E-state index in [0.717, 1.165) is 25.3 Å². The molecule has 0 bridgehead atoms. The van der Waals surface area contributed by atoms with Crippen LogP contribution in [0, 0.1) is 5.92 Å². The van der Waals surface area contributed by atoms with Gasteiger partial charge in [0, 0.05) is 13.1 Å². The van der Waals surface area contributed by atoms with Gasteiger partial charge in [0.15, 0.2) is 0 Å². The van der Waals surface area contributed by atoms with Crippen LogP contribution in [-0.2, 0) is 13.0 Å². The van der Waals surface area contributed by atoms with Crippen molar-refractivity contribution in [3.05, 3.63) is 65.7 Å². The van der Waals surface area contributed by atoms with Crippen LogP contribution >= 0.6 is 0 Å². The normalized spacial score (nSPS) is 12.6. The highest BCUT2D eigenvalue weighted by atomic mass is 16.5. The molecule has 0 amide bonds. The van der Waals surface area contributed by atoms with Crippen molar-refractivity contribution in [1.29, 1.82) is 0 Å². The molecule has 1 N–H and O–H groups in total. The molecule has 136 valence electrons. The lowest BCUT2D eigenvalue weighted by Crippen LogP contribution is -2.34. The first-order valence-corrected chi connectivity index (χ1v) is 9.14. The second kappa shape index (κ2) is 10.2. The average Bonchev–Trinajstić information content (AvgIpc) is 2.61. The van der Waals surface area contributed by atoms with Gasteiger partial charge >= 0.3 is 0 Å². The maximum atomic E-state index is 10.5. The van der Waals surface area contributed by atoms with Crippen LogP contribution in [-0.4, -0.2) is 36.3 Å². The maximum absolute atomic E-state index is 10.5. The van der Waals surface area contributed by atoms with Gasteiger partial charge in [-0.3, -0.25) is 4.90 Å². The Bertz CT molecular complexity index is 595.